The number of amides is 2. The number of nitrogens with zero attached hydrogens (tertiary/aromatic N) is 3. The van der Waals surface area contributed by atoms with Gasteiger partial charge in [-0.15, -0.1) is 0 Å². The summed E-state index contributed by atoms with van der Waals surface area (Å²) in [5, 5.41) is 14.3. The van der Waals surface area contributed by atoms with Crippen molar-refractivity contribution in [1.82, 2.24) is 15.2 Å². The molecule has 192 valence electrons. The second-order valence-electron chi connectivity index (χ2n) is 12.1. The van der Waals surface area contributed by atoms with E-state index in [1.807, 2.05) is 12.3 Å². The number of ether oxygens (including phenoxy) is 1. The molecule has 0 spiro atoms. The highest BCUT2D eigenvalue weighted by atomic mass is 16.5. The number of rotatable bonds is 4. The third kappa shape index (κ3) is 4.78. The van der Waals surface area contributed by atoms with E-state index in [-0.39, 0.29) is 18.2 Å². The highest BCUT2D eigenvalue weighted by Crippen LogP contribution is 2.46. The van der Waals surface area contributed by atoms with Crippen LogP contribution in [-0.2, 0) is 4.74 Å². The summed E-state index contributed by atoms with van der Waals surface area (Å²) in [6.07, 6.45) is 13.4. The summed E-state index contributed by atoms with van der Waals surface area (Å²) in [5.41, 5.74) is -0.494. The molecule has 4 unspecified atom stereocenters. The van der Waals surface area contributed by atoms with Gasteiger partial charge in [0.05, 0.1) is 17.8 Å². The van der Waals surface area contributed by atoms with Gasteiger partial charge in [0.1, 0.15) is 5.82 Å². The molecule has 2 N–H and O–H groups in total. The Morgan fingerprint density at radius 2 is 1.86 bits per heavy atom. The van der Waals surface area contributed by atoms with Gasteiger partial charge < -0.3 is 25.0 Å². The van der Waals surface area contributed by atoms with Crippen LogP contribution in [0.5, 0.6) is 0 Å². The van der Waals surface area contributed by atoms with Crippen molar-refractivity contribution in [2.45, 2.75) is 113 Å². The van der Waals surface area contributed by atoms with Crippen LogP contribution in [0.3, 0.4) is 0 Å². The summed E-state index contributed by atoms with van der Waals surface area (Å²) >= 11 is 0. The normalized spacial score (nSPS) is 39.5. The maximum Gasteiger partial charge on any atom is 0.318 e. The monoisotopic (exact) mass is 482 g/mol. The highest BCUT2D eigenvalue weighted by molar-refractivity contribution is 5.76. The molecule has 7 heteroatoms. The number of nitrogens with one attached hydrogen (secondary N) is 1. The smallest absolute Gasteiger partial charge is 0.318 e. The van der Waals surface area contributed by atoms with E-state index < -0.39 is 5.60 Å². The SMILES string of the molecule is CC1CC2(O)CCCC(C2)[C@@H]1NC(=O)N1[C@@H]2CC[C@H]1CC(OC1CCN(c3ccccn3)CC1)C2. The van der Waals surface area contributed by atoms with Crippen molar-refractivity contribution >= 4 is 11.8 Å². The summed E-state index contributed by atoms with van der Waals surface area (Å²) < 4.78 is 6.62. The van der Waals surface area contributed by atoms with Gasteiger partial charge in [0.25, 0.3) is 0 Å². The van der Waals surface area contributed by atoms with Crippen molar-refractivity contribution in [3.63, 3.8) is 0 Å². The average Bonchev–Trinajstić information content (AvgIpc) is 3.13. The lowest BCUT2D eigenvalue weighted by molar-refractivity contribution is -0.0782. The second kappa shape index (κ2) is 9.55. The molecule has 2 aliphatic carbocycles. The predicted molar refractivity (Wildman–Crippen MR) is 135 cm³/mol. The Hall–Kier alpha value is -1.86. The van der Waals surface area contributed by atoms with Gasteiger partial charge in [0.15, 0.2) is 0 Å². The van der Waals surface area contributed by atoms with Crippen molar-refractivity contribution in [3.8, 4) is 0 Å². The highest BCUT2D eigenvalue weighted by Gasteiger charge is 2.49. The first-order chi connectivity index (χ1) is 17.0. The first kappa shape index (κ1) is 23.5. The number of anilines is 1. The number of hydrogen-bond acceptors (Lipinski definition) is 5. The van der Waals surface area contributed by atoms with E-state index in [1.54, 1.807) is 0 Å². The summed E-state index contributed by atoms with van der Waals surface area (Å²) in [5.74, 6) is 1.81. The summed E-state index contributed by atoms with van der Waals surface area (Å²) in [7, 11) is 0. The number of urea groups is 1. The van der Waals surface area contributed by atoms with E-state index in [1.165, 1.54) is 0 Å². The predicted octanol–water partition coefficient (Wildman–Crippen LogP) is 4.10. The van der Waals surface area contributed by atoms with Crippen LogP contribution in [0.1, 0.15) is 77.6 Å². The fraction of sp³-hybridized carbons (Fsp3) is 0.786. The molecule has 3 aliphatic heterocycles. The largest absolute Gasteiger partial charge is 0.390 e. The number of piperidine rings is 2. The van der Waals surface area contributed by atoms with Crippen molar-refractivity contribution in [2.24, 2.45) is 11.8 Å². The van der Waals surface area contributed by atoms with Crippen molar-refractivity contribution in [3.05, 3.63) is 24.4 Å². The van der Waals surface area contributed by atoms with Gasteiger partial charge in [0.2, 0.25) is 0 Å². The lowest BCUT2D eigenvalue weighted by atomic mass is 9.63. The number of carbonyl (C=O) groups is 1. The van der Waals surface area contributed by atoms with Gasteiger partial charge in [-0.2, -0.15) is 0 Å². The molecule has 4 bridgehead atoms. The van der Waals surface area contributed by atoms with Crippen LogP contribution in [0.2, 0.25) is 0 Å². The van der Waals surface area contributed by atoms with E-state index >= 15 is 0 Å². The zero-order valence-electron chi connectivity index (χ0n) is 21.1. The van der Waals surface area contributed by atoms with Gasteiger partial charge in [-0.25, -0.2) is 9.78 Å². The quantitative estimate of drug-likeness (QED) is 0.676. The van der Waals surface area contributed by atoms with E-state index in [0.717, 1.165) is 89.5 Å². The Morgan fingerprint density at radius 1 is 1.09 bits per heavy atom. The molecule has 1 aromatic heterocycles. The average molecular weight is 483 g/mol. The Kier molecular flexibility index (Phi) is 6.42. The Labute approximate surface area is 209 Å². The maximum atomic E-state index is 13.5. The summed E-state index contributed by atoms with van der Waals surface area (Å²) in [4.78, 5) is 22.5. The second-order valence-corrected chi connectivity index (χ2v) is 12.1. The van der Waals surface area contributed by atoms with Gasteiger partial charge in [-0.1, -0.05) is 19.4 Å². The number of aliphatic hydroxyl groups is 1. The van der Waals surface area contributed by atoms with Crippen LogP contribution in [0.15, 0.2) is 24.4 Å². The standard InChI is InChI=1S/C28H42N4O3/c1-19-17-28(34)11-4-5-20(18-28)26(19)30-27(33)32-21-7-8-22(32)16-24(15-21)35-23-9-13-31(14-10-23)25-6-2-3-12-29-25/h2-3,6,12,19-24,26,34H,4-5,7-11,13-18H2,1H3,(H,30,33)/t19?,20?,21-,22+,24?,26-,28?/m1/s1. The Bertz CT molecular complexity index is 873. The molecule has 4 heterocycles. The molecule has 7 atom stereocenters. The molecule has 3 saturated heterocycles. The van der Waals surface area contributed by atoms with Crippen LogP contribution in [0.25, 0.3) is 0 Å². The third-order valence-corrected chi connectivity index (χ3v) is 9.70. The van der Waals surface area contributed by atoms with E-state index in [4.69, 9.17) is 4.74 Å². The van der Waals surface area contributed by atoms with Crippen molar-refractivity contribution in [2.75, 3.05) is 18.0 Å². The first-order valence-corrected chi connectivity index (χ1v) is 14.1. The lowest BCUT2D eigenvalue weighted by Crippen LogP contribution is -2.60. The van der Waals surface area contributed by atoms with E-state index in [0.29, 0.717) is 30.0 Å². The number of fused-ring (bicyclic) bond motifs is 4. The molecule has 0 radical (unpaired) electrons. The zero-order valence-corrected chi connectivity index (χ0v) is 21.1. The Morgan fingerprint density at radius 3 is 2.57 bits per heavy atom. The number of aromatic nitrogens is 1. The molecular formula is C28H42N4O3. The topological polar surface area (TPSA) is 77.9 Å². The summed E-state index contributed by atoms with van der Waals surface area (Å²) in [6.45, 7) is 4.19. The van der Waals surface area contributed by atoms with Crippen LogP contribution in [-0.4, -0.2) is 70.0 Å². The lowest BCUT2D eigenvalue weighted by Gasteiger charge is -2.50. The molecule has 7 nitrogen and oxygen atoms in total. The van der Waals surface area contributed by atoms with Gasteiger partial charge in [0, 0.05) is 37.4 Å². The van der Waals surface area contributed by atoms with E-state index in [2.05, 4.69) is 39.2 Å². The van der Waals surface area contributed by atoms with Gasteiger partial charge in [-0.05, 0) is 88.2 Å². The fourth-order valence-corrected chi connectivity index (χ4v) is 8.15. The van der Waals surface area contributed by atoms with Crippen molar-refractivity contribution < 1.29 is 14.6 Å². The molecule has 35 heavy (non-hydrogen) atoms. The van der Waals surface area contributed by atoms with Gasteiger partial charge >= 0.3 is 6.03 Å². The molecular weight excluding hydrogens is 440 g/mol. The molecule has 5 aliphatic rings. The van der Waals surface area contributed by atoms with E-state index in [9.17, 15) is 9.90 Å². The first-order valence-electron chi connectivity index (χ1n) is 14.1. The third-order valence-electron chi connectivity index (χ3n) is 9.70. The minimum atomic E-state index is -0.494. The molecule has 1 aromatic rings. The maximum absolute atomic E-state index is 13.5. The number of hydrogen-bond donors (Lipinski definition) is 2. The van der Waals surface area contributed by atoms with Crippen LogP contribution in [0, 0.1) is 11.8 Å². The van der Waals surface area contributed by atoms with Crippen LogP contribution < -0.4 is 10.2 Å². The van der Waals surface area contributed by atoms with Crippen LogP contribution >= 0.6 is 0 Å². The fourth-order valence-electron chi connectivity index (χ4n) is 8.15. The molecule has 5 fully saturated rings. The molecule has 2 saturated carbocycles. The minimum absolute atomic E-state index is 0.132. The minimum Gasteiger partial charge on any atom is -0.390 e. The molecule has 0 aromatic carbocycles. The molecule has 2 amide bonds. The molecule has 6 rings (SSSR count). The Balaban J connectivity index is 1.01. The summed E-state index contributed by atoms with van der Waals surface area (Å²) in [6, 6.07) is 7.03. The number of carbonyl (C=O) groups excluding carboxylic acids is 1. The number of pyridine rings is 1. The van der Waals surface area contributed by atoms with Gasteiger partial charge in [-0.3, -0.25) is 0 Å². The van der Waals surface area contributed by atoms with Crippen molar-refractivity contribution in [1.29, 1.82) is 0 Å². The zero-order chi connectivity index (χ0) is 24.0. The van der Waals surface area contributed by atoms with Crippen LogP contribution in [0.4, 0.5) is 10.6 Å².